The molecule has 0 unspecified atom stereocenters. The van der Waals surface area contributed by atoms with Gasteiger partial charge in [0.2, 0.25) is 0 Å². The highest BCUT2D eigenvalue weighted by Crippen LogP contribution is 2.34. The third-order valence-corrected chi connectivity index (χ3v) is 3.88. The molecule has 2 heterocycles. The number of benzene rings is 1. The molecule has 1 aliphatic rings. The molecule has 0 spiro atoms. The molecular weight excluding hydrogens is 307 g/mol. The van der Waals surface area contributed by atoms with E-state index >= 15 is 0 Å². The van der Waals surface area contributed by atoms with Gasteiger partial charge in [-0.25, -0.2) is 4.39 Å². The van der Waals surface area contributed by atoms with Gasteiger partial charge in [0.1, 0.15) is 5.82 Å². The number of fused-ring (bicyclic) bond motifs is 1. The summed E-state index contributed by atoms with van der Waals surface area (Å²) in [6.45, 7) is 9.15. The number of anilines is 1. The molecule has 0 saturated heterocycles. The molecule has 2 aromatic rings. The van der Waals surface area contributed by atoms with Crippen LogP contribution in [0.4, 0.5) is 10.1 Å². The molecular formula is C19H21FN2O2. The predicted octanol–water partition coefficient (Wildman–Crippen LogP) is 4.49. The molecule has 0 radical (unpaired) electrons. The van der Waals surface area contributed by atoms with Crippen molar-refractivity contribution in [3.05, 3.63) is 52.1 Å². The SMILES string of the molecule is CC.CC(=O)c1c(C)[nH]c(/C=C2\C(=O)Nc3ccc(F)cc32)c1C. The number of nitrogens with one attached hydrogen (secondary N) is 2. The molecule has 0 bridgehead atoms. The molecule has 4 nitrogen and oxygen atoms in total. The molecule has 0 fully saturated rings. The monoisotopic (exact) mass is 328 g/mol. The second-order valence-electron chi connectivity index (χ2n) is 5.42. The molecule has 0 saturated carbocycles. The Morgan fingerprint density at radius 2 is 1.88 bits per heavy atom. The van der Waals surface area contributed by atoms with Gasteiger partial charge in [-0.15, -0.1) is 0 Å². The first-order chi connectivity index (χ1) is 11.4. The van der Waals surface area contributed by atoms with Gasteiger partial charge in [0, 0.05) is 28.2 Å². The maximum atomic E-state index is 13.4. The zero-order chi connectivity index (χ0) is 18.0. The van der Waals surface area contributed by atoms with Gasteiger partial charge < -0.3 is 10.3 Å². The Kier molecular flexibility index (Phi) is 5.02. The summed E-state index contributed by atoms with van der Waals surface area (Å²) < 4.78 is 13.4. The van der Waals surface area contributed by atoms with Crippen molar-refractivity contribution >= 4 is 29.0 Å². The highest BCUT2D eigenvalue weighted by atomic mass is 19.1. The van der Waals surface area contributed by atoms with Crippen LogP contribution < -0.4 is 5.32 Å². The summed E-state index contributed by atoms with van der Waals surface area (Å²) in [6, 6.07) is 4.17. The summed E-state index contributed by atoms with van der Waals surface area (Å²) in [5.74, 6) is -0.709. The van der Waals surface area contributed by atoms with Gasteiger partial charge in [0.05, 0.1) is 5.57 Å². The number of H-pyrrole nitrogens is 1. The molecule has 2 N–H and O–H groups in total. The van der Waals surface area contributed by atoms with Crippen molar-refractivity contribution < 1.29 is 14.0 Å². The third kappa shape index (κ3) is 3.02. The number of ketones is 1. The van der Waals surface area contributed by atoms with Crippen molar-refractivity contribution in [2.75, 3.05) is 5.32 Å². The van der Waals surface area contributed by atoms with Crippen LogP contribution in [0.25, 0.3) is 11.6 Å². The predicted molar refractivity (Wildman–Crippen MR) is 94.5 cm³/mol. The molecule has 3 rings (SSSR count). The largest absolute Gasteiger partial charge is 0.358 e. The van der Waals surface area contributed by atoms with Gasteiger partial charge >= 0.3 is 0 Å². The number of Topliss-reactive ketones (excluding diaryl/α,β-unsaturated/α-hetero) is 1. The van der Waals surface area contributed by atoms with Crippen LogP contribution in [0.1, 0.15) is 53.6 Å². The number of hydrogen-bond donors (Lipinski definition) is 2. The fourth-order valence-electron chi connectivity index (χ4n) is 2.89. The van der Waals surface area contributed by atoms with E-state index in [1.165, 1.54) is 25.1 Å². The van der Waals surface area contributed by atoms with Gasteiger partial charge in [0.15, 0.2) is 5.78 Å². The second-order valence-corrected chi connectivity index (χ2v) is 5.42. The lowest BCUT2D eigenvalue weighted by atomic mass is 10.0. The Hall–Kier alpha value is -2.69. The van der Waals surface area contributed by atoms with E-state index in [1.807, 2.05) is 27.7 Å². The third-order valence-electron chi connectivity index (χ3n) is 3.88. The topological polar surface area (TPSA) is 62.0 Å². The lowest BCUT2D eigenvalue weighted by molar-refractivity contribution is -0.110. The van der Waals surface area contributed by atoms with Gasteiger partial charge in [-0.05, 0) is 50.6 Å². The smallest absolute Gasteiger partial charge is 0.256 e. The van der Waals surface area contributed by atoms with E-state index in [4.69, 9.17) is 0 Å². The van der Waals surface area contributed by atoms with Crippen LogP contribution in [0.15, 0.2) is 18.2 Å². The summed E-state index contributed by atoms with van der Waals surface area (Å²) in [6.07, 6.45) is 1.66. The normalized spacial score (nSPS) is 14.1. The van der Waals surface area contributed by atoms with E-state index in [-0.39, 0.29) is 11.7 Å². The maximum Gasteiger partial charge on any atom is 0.256 e. The fraction of sp³-hybridized carbons (Fsp3) is 0.263. The number of carbonyl (C=O) groups is 2. The molecule has 24 heavy (non-hydrogen) atoms. The number of aromatic amines is 1. The van der Waals surface area contributed by atoms with Gasteiger partial charge in [0.25, 0.3) is 5.91 Å². The second kappa shape index (κ2) is 6.83. The number of rotatable bonds is 2. The number of halogens is 1. The molecule has 1 aromatic carbocycles. The first-order valence-electron chi connectivity index (χ1n) is 7.91. The lowest BCUT2D eigenvalue weighted by Gasteiger charge is -1.99. The van der Waals surface area contributed by atoms with E-state index in [9.17, 15) is 14.0 Å². The van der Waals surface area contributed by atoms with E-state index < -0.39 is 5.82 Å². The lowest BCUT2D eigenvalue weighted by Crippen LogP contribution is -2.03. The quantitative estimate of drug-likeness (QED) is 0.630. The molecule has 0 aliphatic carbocycles. The molecule has 126 valence electrons. The van der Waals surface area contributed by atoms with Gasteiger partial charge in [-0.2, -0.15) is 0 Å². The number of carbonyl (C=O) groups excluding carboxylic acids is 2. The van der Waals surface area contributed by atoms with Crippen molar-refractivity contribution in [3.8, 4) is 0 Å². The van der Waals surface area contributed by atoms with Crippen molar-refractivity contribution in [1.29, 1.82) is 0 Å². The minimum Gasteiger partial charge on any atom is -0.358 e. The van der Waals surface area contributed by atoms with Crippen LogP contribution in [0.3, 0.4) is 0 Å². The number of hydrogen-bond acceptors (Lipinski definition) is 2. The molecule has 0 atom stereocenters. The Labute approximate surface area is 140 Å². The van der Waals surface area contributed by atoms with Crippen molar-refractivity contribution in [1.82, 2.24) is 4.98 Å². The number of aromatic nitrogens is 1. The van der Waals surface area contributed by atoms with Gasteiger partial charge in [-0.1, -0.05) is 13.8 Å². The van der Waals surface area contributed by atoms with Crippen molar-refractivity contribution in [2.45, 2.75) is 34.6 Å². The Balaban J connectivity index is 0.00000100. The summed E-state index contributed by atoms with van der Waals surface area (Å²) in [7, 11) is 0. The van der Waals surface area contributed by atoms with Gasteiger partial charge in [-0.3, -0.25) is 9.59 Å². The minimum absolute atomic E-state index is 0.0294. The molecule has 1 amide bonds. The van der Waals surface area contributed by atoms with Crippen LogP contribution in [-0.2, 0) is 4.79 Å². The number of aryl methyl sites for hydroxylation is 1. The van der Waals surface area contributed by atoms with Crippen LogP contribution >= 0.6 is 0 Å². The zero-order valence-electron chi connectivity index (χ0n) is 14.5. The summed E-state index contributed by atoms with van der Waals surface area (Å²) in [4.78, 5) is 26.9. The minimum atomic E-state index is -0.398. The van der Waals surface area contributed by atoms with E-state index in [0.29, 0.717) is 28.1 Å². The van der Waals surface area contributed by atoms with Crippen LogP contribution in [0.5, 0.6) is 0 Å². The Morgan fingerprint density at radius 1 is 1.21 bits per heavy atom. The molecule has 1 aromatic heterocycles. The average Bonchev–Trinajstić information content (AvgIpc) is 2.99. The van der Waals surface area contributed by atoms with E-state index in [0.717, 1.165) is 11.3 Å². The van der Waals surface area contributed by atoms with Crippen LogP contribution in [-0.4, -0.2) is 16.7 Å². The molecule has 1 aliphatic heterocycles. The average molecular weight is 328 g/mol. The summed E-state index contributed by atoms with van der Waals surface area (Å²) in [5.41, 5.74) is 4.36. The van der Waals surface area contributed by atoms with E-state index in [1.54, 1.807) is 6.08 Å². The Bertz CT molecular complexity index is 847. The van der Waals surface area contributed by atoms with Crippen molar-refractivity contribution in [2.24, 2.45) is 0 Å². The van der Waals surface area contributed by atoms with E-state index in [2.05, 4.69) is 10.3 Å². The standard InChI is InChI=1S/C17H15FN2O2.C2H6/c1-8-15(19-9(2)16(8)10(3)21)7-13-12-6-11(18)4-5-14(12)20-17(13)22;1-2/h4-7,19H,1-3H3,(H,20,22);1-2H3/b13-7-;. The van der Waals surface area contributed by atoms with Crippen molar-refractivity contribution in [3.63, 3.8) is 0 Å². The summed E-state index contributed by atoms with van der Waals surface area (Å²) >= 11 is 0. The van der Waals surface area contributed by atoms with Crippen LogP contribution in [0.2, 0.25) is 0 Å². The summed E-state index contributed by atoms with van der Waals surface area (Å²) in [5, 5.41) is 2.70. The number of amides is 1. The fourth-order valence-corrected chi connectivity index (χ4v) is 2.89. The molecule has 5 heteroatoms. The zero-order valence-corrected chi connectivity index (χ0v) is 14.5. The highest BCUT2D eigenvalue weighted by molar-refractivity contribution is 6.34. The highest BCUT2D eigenvalue weighted by Gasteiger charge is 2.25. The first-order valence-corrected chi connectivity index (χ1v) is 7.91. The maximum absolute atomic E-state index is 13.4. The Morgan fingerprint density at radius 3 is 2.46 bits per heavy atom. The first kappa shape index (κ1) is 17.7. The van der Waals surface area contributed by atoms with Crippen LogP contribution in [0, 0.1) is 19.7 Å².